The van der Waals surface area contributed by atoms with Crippen LogP contribution in [0.1, 0.15) is 48.9 Å². The Labute approximate surface area is 232 Å². The molecule has 2 atom stereocenters. The summed E-state index contributed by atoms with van der Waals surface area (Å²) in [6, 6.07) is 9.61. The Balaban J connectivity index is 1.37. The van der Waals surface area contributed by atoms with Gasteiger partial charge < -0.3 is 25.8 Å². The molecule has 2 aliphatic rings. The number of nitriles is 1. The van der Waals surface area contributed by atoms with E-state index < -0.39 is 0 Å². The van der Waals surface area contributed by atoms with E-state index in [0.717, 1.165) is 50.9 Å². The minimum Gasteiger partial charge on any atom is -0.365 e. The van der Waals surface area contributed by atoms with Crippen molar-refractivity contribution in [1.29, 1.82) is 5.26 Å². The lowest BCUT2D eigenvalue weighted by Gasteiger charge is -2.35. The largest absolute Gasteiger partial charge is 0.365 e. The first-order valence-electron chi connectivity index (χ1n) is 13.1. The van der Waals surface area contributed by atoms with Crippen LogP contribution in [0.25, 0.3) is 0 Å². The summed E-state index contributed by atoms with van der Waals surface area (Å²) in [6.45, 7) is 2.38. The number of halogens is 1. The second-order valence-corrected chi connectivity index (χ2v) is 10.9. The van der Waals surface area contributed by atoms with Gasteiger partial charge in [-0.05, 0) is 86.0 Å². The van der Waals surface area contributed by atoms with Crippen molar-refractivity contribution in [1.82, 2.24) is 25.1 Å². The molecule has 3 N–H and O–H groups in total. The Morgan fingerprint density at radius 3 is 2.63 bits per heavy atom. The highest BCUT2D eigenvalue weighted by Gasteiger charge is 2.33. The molecule has 0 unspecified atom stereocenters. The van der Waals surface area contributed by atoms with E-state index in [2.05, 4.69) is 53.8 Å². The molecule has 11 heteroatoms. The zero-order valence-corrected chi connectivity index (χ0v) is 23.5. The van der Waals surface area contributed by atoms with Crippen LogP contribution in [0.4, 0.5) is 17.5 Å². The summed E-state index contributed by atoms with van der Waals surface area (Å²) in [6.07, 6.45) is 6.54. The summed E-state index contributed by atoms with van der Waals surface area (Å²) in [4.78, 5) is 38.7. The van der Waals surface area contributed by atoms with Crippen LogP contribution < -0.4 is 16.0 Å². The molecule has 0 radical (unpaired) electrons. The standard InChI is InChI=1S/C27H35BrN8O2/c1-35-15-11-20(12-16-35)36(2)26(38)18-7-9-19(10-8-18)32-27-31-17-22(28)24(34-27)33-23-6-3-5-21(23)25(37)30-14-4-13-29/h7-10,17,20-21,23H,3-6,11-12,14-16H2,1-2H3,(H,30,37)(H2,31,32,33,34)/t21-,23+/m0/s1. The first-order chi connectivity index (χ1) is 18.4. The zero-order chi connectivity index (χ0) is 27.1. The van der Waals surface area contributed by atoms with Gasteiger partial charge in [-0.1, -0.05) is 6.42 Å². The molecule has 1 aromatic heterocycles. The molecule has 2 aromatic rings. The van der Waals surface area contributed by atoms with Crippen molar-refractivity contribution in [2.24, 2.45) is 5.92 Å². The van der Waals surface area contributed by atoms with Gasteiger partial charge in [0.1, 0.15) is 5.82 Å². The van der Waals surface area contributed by atoms with Gasteiger partial charge in [-0.15, -0.1) is 0 Å². The molecule has 4 rings (SSSR count). The average Bonchev–Trinajstić information content (AvgIpc) is 3.39. The van der Waals surface area contributed by atoms with E-state index in [1.807, 2.05) is 42.3 Å². The van der Waals surface area contributed by atoms with Gasteiger partial charge in [0.25, 0.3) is 5.91 Å². The van der Waals surface area contributed by atoms with Crippen LogP contribution in [0.2, 0.25) is 0 Å². The van der Waals surface area contributed by atoms with Gasteiger partial charge in [-0.3, -0.25) is 9.59 Å². The number of hydrogen-bond donors (Lipinski definition) is 3. The molecule has 1 aliphatic heterocycles. The summed E-state index contributed by atoms with van der Waals surface area (Å²) >= 11 is 3.51. The lowest BCUT2D eigenvalue weighted by molar-refractivity contribution is -0.124. The molecule has 2 heterocycles. The average molecular weight is 584 g/mol. The van der Waals surface area contributed by atoms with Gasteiger partial charge in [0, 0.05) is 43.1 Å². The summed E-state index contributed by atoms with van der Waals surface area (Å²) < 4.78 is 0.705. The van der Waals surface area contributed by atoms with Crippen LogP contribution in [0.15, 0.2) is 34.9 Å². The monoisotopic (exact) mass is 582 g/mol. The van der Waals surface area contributed by atoms with Crippen LogP contribution in [0.3, 0.4) is 0 Å². The van der Waals surface area contributed by atoms with E-state index in [1.165, 1.54) is 0 Å². The molecule has 1 saturated heterocycles. The van der Waals surface area contributed by atoms with Gasteiger partial charge in [0.05, 0.1) is 22.9 Å². The second kappa shape index (κ2) is 13.0. The molecule has 10 nitrogen and oxygen atoms in total. The van der Waals surface area contributed by atoms with Gasteiger partial charge in [0.15, 0.2) is 0 Å². The first-order valence-corrected chi connectivity index (χ1v) is 13.9. The Morgan fingerprint density at radius 1 is 1.18 bits per heavy atom. The number of aromatic nitrogens is 2. The number of hydrogen-bond acceptors (Lipinski definition) is 8. The molecular weight excluding hydrogens is 548 g/mol. The number of carbonyl (C=O) groups excluding carboxylic acids is 2. The smallest absolute Gasteiger partial charge is 0.253 e. The van der Waals surface area contributed by atoms with Gasteiger partial charge in [-0.25, -0.2) is 4.98 Å². The predicted octanol–water partition coefficient (Wildman–Crippen LogP) is 3.76. The molecule has 2 amide bonds. The van der Waals surface area contributed by atoms with E-state index in [1.54, 1.807) is 6.20 Å². The Kier molecular flexibility index (Phi) is 9.53. The number of amides is 2. The minimum absolute atomic E-state index is 0.0280. The molecule has 1 aliphatic carbocycles. The zero-order valence-electron chi connectivity index (χ0n) is 21.9. The number of nitrogens with one attached hydrogen (secondary N) is 3. The maximum absolute atomic E-state index is 13.0. The quantitative estimate of drug-likeness (QED) is 0.381. The van der Waals surface area contributed by atoms with Crippen LogP contribution in [0, 0.1) is 17.2 Å². The maximum Gasteiger partial charge on any atom is 0.253 e. The van der Waals surface area contributed by atoms with Crippen molar-refractivity contribution in [3.63, 3.8) is 0 Å². The molecule has 202 valence electrons. The number of rotatable bonds is 9. The van der Waals surface area contributed by atoms with Crippen molar-refractivity contribution in [2.45, 2.75) is 50.6 Å². The second-order valence-electron chi connectivity index (χ2n) is 10.0. The SMILES string of the molecule is CN1CCC(N(C)C(=O)c2ccc(Nc3ncc(Br)c(N[C@@H]4CCC[C@@H]4C(=O)NCCC#N)n3)cc2)CC1. The number of likely N-dealkylation sites (tertiary alicyclic amines) is 1. The van der Waals surface area contributed by atoms with E-state index >= 15 is 0 Å². The molecule has 38 heavy (non-hydrogen) atoms. The topological polar surface area (TPSA) is 126 Å². The summed E-state index contributed by atoms with van der Waals surface area (Å²) in [7, 11) is 4.00. The van der Waals surface area contributed by atoms with Crippen molar-refractivity contribution in [2.75, 3.05) is 44.4 Å². The van der Waals surface area contributed by atoms with Crippen molar-refractivity contribution in [3.05, 3.63) is 40.5 Å². The number of benzene rings is 1. The van der Waals surface area contributed by atoms with E-state index in [0.29, 0.717) is 34.8 Å². The van der Waals surface area contributed by atoms with E-state index in [9.17, 15) is 9.59 Å². The van der Waals surface area contributed by atoms with Crippen molar-refractivity contribution >= 4 is 45.2 Å². The minimum atomic E-state index is -0.176. The van der Waals surface area contributed by atoms with Crippen molar-refractivity contribution < 1.29 is 9.59 Å². The Morgan fingerprint density at radius 2 is 1.92 bits per heavy atom. The van der Waals surface area contributed by atoms with Gasteiger partial charge >= 0.3 is 0 Å². The molecule has 1 saturated carbocycles. The van der Waals surface area contributed by atoms with Crippen molar-refractivity contribution in [3.8, 4) is 6.07 Å². The Bertz CT molecular complexity index is 1160. The number of piperidine rings is 1. The van der Waals surface area contributed by atoms with E-state index in [4.69, 9.17) is 5.26 Å². The third-order valence-corrected chi connectivity index (χ3v) is 7.98. The highest BCUT2D eigenvalue weighted by molar-refractivity contribution is 9.10. The van der Waals surface area contributed by atoms with Crippen LogP contribution >= 0.6 is 15.9 Å². The normalized spacial score (nSPS) is 19.9. The number of carbonyl (C=O) groups is 2. The number of nitrogens with zero attached hydrogens (tertiary/aromatic N) is 5. The molecule has 0 bridgehead atoms. The predicted molar refractivity (Wildman–Crippen MR) is 150 cm³/mol. The maximum atomic E-state index is 13.0. The fourth-order valence-electron chi connectivity index (χ4n) is 5.10. The molecular formula is C27H35BrN8O2. The van der Waals surface area contributed by atoms with E-state index in [-0.39, 0.29) is 29.8 Å². The van der Waals surface area contributed by atoms with Crippen LogP contribution in [0.5, 0.6) is 0 Å². The lowest BCUT2D eigenvalue weighted by atomic mass is 10.0. The fraction of sp³-hybridized carbons (Fsp3) is 0.519. The Hall–Kier alpha value is -3.23. The number of anilines is 3. The van der Waals surface area contributed by atoms with Gasteiger partial charge in [0.2, 0.25) is 11.9 Å². The third-order valence-electron chi connectivity index (χ3n) is 7.40. The highest BCUT2D eigenvalue weighted by atomic mass is 79.9. The first kappa shape index (κ1) is 27.8. The summed E-state index contributed by atoms with van der Waals surface area (Å²) in [5.41, 5.74) is 1.42. The third kappa shape index (κ3) is 6.99. The van der Waals surface area contributed by atoms with Crippen LogP contribution in [-0.2, 0) is 4.79 Å². The molecule has 1 aromatic carbocycles. The lowest BCUT2D eigenvalue weighted by Crippen LogP contribution is -2.44. The highest BCUT2D eigenvalue weighted by Crippen LogP contribution is 2.31. The fourth-order valence-corrected chi connectivity index (χ4v) is 5.41. The molecule has 0 spiro atoms. The van der Waals surface area contributed by atoms with Crippen LogP contribution in [-0.4, -0.2) is 77.4 Å². The summed E-state index contributed by atoms with van der Waals surface area (Å²) in [5.74, 6) is 0.835. The summed E-state index contributed by atoms with van der Waals surface area (Å²) in [5, 5.41) is 18.2. The molecule has 2 fully saturated rings. The van der Waals surface area contributed by atoms with Gasteiger partial charge in [-0.2, -0.15) is 10.2 Å².